The van der Waals surface area contributed by atoms with Gasteiger partial charge in [-0.15, -0.1) is 0 Å². The molecule has 1 amide bonds. The van der Waals surface area contributed by atoms with Crippen molar-refractivity contribution in [2.75, 3.05) is 13.1 Å². The average molecular weight is 335 g/mol. The molecular weight excluding hydrogens is 313 g/mol. The Labute approximate surface area is 140 Å². The Morgan fingerprint density at radius 1 is 1.25 bits per heavy atom. The van der Waals surface area contributed by atoms with E-state index in [1.54, 1.807) is 37.8 Å². The van der Waals surface area contributed by atoms with E-state index in [1.165, 1.54) is 12.1 Å². The Morgan fingerprint density at radius 2 is 1.88 bits per heavy atom. The van der Waals surface area contributed by atoms with E-state index in [0.29, 0.717) is 30.6 Å². The lowest BCUT2D eigenvalue weighted by Gasteiger charge is -2.24. The largest absolute Gasteiger partial charge is 0.481 e. The number of aliphatic carboxylic acids is 1. The van der Waals surface area contributed by atoms with Gasteiger partial charge in [-0.25, -0.2) is 9.18 Å². The van der Waals surface area contributed by atoms with Crippen LogP contribution in [0.15, 0.2) is 29.8 Å². The van der Waals surface area contributed by atoms with Crippen LogP contribution in [0.5, 0.6) is 0 Å². The number of carboxylic acid groups (broad SMARTS) is 1. The van der Waals surface area contributed by atoms with Crippen LogP contribution in [0.3, 0.4) is 0 Å². The molecule has 1 aromatic carbocycles. The number of nitrogens with zero attached hydrogens (tertiary/aromatic N) is 1. The third-order valence-corrected chi connectivity index (χ3v) is 3.66. The van der Waals surface area contributed by atoms with E-state index >= 15 is 0 Å². The quantitative estimate of drug-likeness (QED) is 0.915. The Hall–Kier alpha value is -2.37. The van der Waals surface area contributed by atoms with Gasteiger partial charge in [0.2, 0.25) is 0 Å². The number of carbonyl (C=O) groups is 2. The molecule has 0 spiro atoms. The van der Waals surface area contributed by atoms with Crippen molar-refractivity contribution in [3.8, 4) is 0 Å². The molecule has 1 fully saturated rings. The molecule has 1 aliphatic heterocycles. The second-order valence-electron chi connectivity index (χ2n) is 6.81. The van der Waals surface area contributed by atoms with Crippen LogP contribution in [-0.4, -0.2) is 40.8 Å². The first-order valence-electron chi connectivity index (χ1n) is 7.82. The van der Waals surface area contributed by atoms with Crippen molar-refractivity contribution >= 4 is 17.6 Å². The van der Waals surface area contributed by atoms with Gasteiger partial charge in [0.15, 0.2) is 0 Å². The summed E-state index contributed by atoms with van der Waals surface area (Å²) in [6, 6.07) is 5.74. The molecule has 0 saturated carbocycles. The van der Waals surface area contributed by atoms with Crippen molar-refractivity contribution in [3.05, 3.63) is 41.2 Å². The third-order valence-electron chi connectivity index (χ3n) is 3.66. The summed E-state index contributed by atoms with van der Waals surface area (Å²) in [4.78, 5) is 24.9. The predicted octanol–water partition coefficient (Wildman–Crippen LogP) is 3.69. The van der Waals surface area contributed by atoms with Crippen molar-refractivity contribution in [2.45, 2.75) is 39.2 Å². The van der Waals surface area contributed by atoms with Crippen molar-refractivity contribution in [1.29, 1.82) is 0 Å². The molecule has 1 heterocycles. The summed E-state index contributed by atoms with van der Waals surface area (Å²) in [6.07, 6.45) is 0.00815. The number of likely N-dealkylation sites (tertiary alicyclic amines) is 1. The van der Waals surface area contributed by atoms with Crippen LogP contribution >= 0.6 is 0 Å². The molecule has 0 bridgehead atoms. The minimum absolute atomic E-state index is 0.164. The fourth-order valence-corrected chi connectivity index (χ4v) is 2.62. The highest BCUT2D eigenvalue weighted by atomic mass is 19.1. The maximum absolute atomic E-state index is 13.1. The zero-order chi connectivity index (χ0) is 17.9. The number of benzene rings is 1. The smallest absolute Gasteiger partial charge is 0.410 e. The maximum atomic E-state index is 13.1. The van der Waals surface area contributed by atoms with E-state index in [9.17, 15) is 19.1 Å². The van der Waals surface area contributed by atoms with Crippen LogP contribution in [0, 0.1) is 5.82 Å². The van der Waals surface area contributed by atoms with Crippen molar-refractivity contribution in [1.82, 2.24) is 4.90 Å². The van der Waals surface area contributed by atoms with Crippen molar-refractivity contribution < 1.29 is 23.8 Å². The number of carboxylic acids is 1. The summed E-state index contributed by atoms with van der Waals surface area (Å²) in [5.41, 5.74) is 1.59. The molecule has 0 aromatic heterocycles. The molecule has 1 N–H and O–H groups in total. The molecule has 2 rings (SSSR count). The standard InChI is InChI=1S/C18H22FNO4/c1-18(2,3)24-17(23)20-9-8-13(11-20)15(10-16(21)22)12-4-6-14(19)7-5-12/h4-7H,8-11H2,1-3H3,(H,21,22)/b15-13-. The normalized spacial score (nSPS) is 16.9. The molecule has 0 unspecified atom stereocenters. The Balaban J connectivity index is 2.24. The summed E-state index contributed by atoms with van der Waals surface area (Å²) in [5, 5.41) is 9.17. The highest BCUT2D eigenvalue weighted by molar-refractivity contribution is 5.86. The summed E-state index contributed by atoms with van der Waals surface area (Å²) in [7, 11) is 0. The van der Waals surface area contributed by atoms with Gasteiger partial charge in [-0.2, -0.15) is 0 Å². The molecule has 1 aromatic rings. The van der Waals surface area contributed by atoms with Crippen LogP contribution in [-0.2, 0) is 9.53 Å². The summed E-state index contributed by atoms with van der Waals surface area (Å²) < 4.78 is 18.5. The second kappa shape index (κ2) is 7.03. The summed E-state index contributed by atoms with van der Waals surface area (Å²) in [6.45, 7) is 6.20. The molecule has 5 nitrogen and oxygen atoms in total. The Bertz CT molecular complexity index is 659. The molecule has 6 heteroatoms. The van der Waals surface area contributed by atoms with E-state index in [0.717, 1.165) is 5.57 Å². The number of halogens is 1. The number of rotatable bonds is 3. The summed E-state index contributed by atoms with van der Waals surface area (Å²) >= 11 is 0. The molecule has 1 aliphatic rings. The molecule has 24 heavy (non-hydrogen) atoms. The van der Waals surface area contributed by atoms with E-state index in [1.807, 2.05) is 0 Å². The SMILES string of the molecule is CC(C)(C)OC(=O)N1CC/C(=C(\CC(=O)O)c2ccc(F)cc2)C1. The van der Waals surface area contributed by atoms with Gasteiger partial charge in [0.1, 0.15) is 11.4 Å². The lowest BCUT2D eigenvalue weighted by Crippen LogP contribution is -2.34. The fourth-order valence-electron chi connectivity index (χ4n) is 2.62. The van der Waals surface area contributed by atoms with Crippen LogP contribution in [0.25, 0.3) is 5.57 Å². The monoisotopic (exact) mass is 335 g/mol. The summed E-state index contributed by atoms with van der Waals surface area (Å²) in [5.74, 6) is -1.34. The Morgan fingerprint density at radius 3 is 2.42 bits per heavy atom. The third kappa shape index (κ3) is 4.81. The first kappa shape index (κ1) is 18.0. The van der Waals surface area contributed by atoms with Gasteiger partial charge in [0, 0.05) is 13.1 Å². The van der Waals surface area contributed by atoms with E-state index in [4.69, 9.17) is 4.74 Å². The maximum Gasteiger partial charge on any atom is 0.410 e. The van der Waals surface area contributed by atoms with Gasteiger partial charge in [-0.3, -0.25) is 4.79 Å². The minimum atomic E-state index is -0.961. The number of ether oxygens (including phenoxy) is 1. The Kier molecular flexibility index (Phi) is 5.26. The zero-order valence-electron chi connectivity index (χ0n) is 14.1. The van der Waals surface area contributed by atoms with E-state index < -0.39 is 17.7 Å². The van der Waals surface area contributed by atoms with Gasteiger partial charge in [0.25, 0.3) is 0 Å². The highest BCUT2D eigenvalue weighted by Crippen LogP contribution is 2.29. The van der Waals surface area contributed by atoms with Gasteiger partial charge in [0.05, 0.1) is 6.42 Å². The molecule has 0 atom stereocenters. The van der Waals surface area contributed by atoms with Crippen molar-refractivity contribution in [2.24, 2.45) is 0 Å². The van der Waals surface area contributed by atoms with Gasteiger partial charge < -0.3 is 14.7 Å². The number of hydrogen-bond donors (Lipinski definition) is 1. The predicted molar refractivity (Wildman–Crippen MR) is 88.0 cm³/mol. The molecule has 130 valence electrons. The topological polar surface area (TPSA) is 66.8 Å². The average Bonchev–Trinajstić information content (AvgIpc) is 2.93. The number of amides is 1. The lowest BCUT2D eigenvalue weighted by molar-refractivity contribution is -0.135. The van der Waals surface area contributed by atoms with Gasteiger partial charge >= 0.3 is 12.1 Å². The lowest BCUT2D eigenvalue weighted by atomic mass is 9.96. The van der Waals surface area contributed by atoms with Crippen LogP contribution < -0.4 is 0 Å². The minimum Gasteiger partial charge on any atom is -0.481 e. The van der Waals surface area contributed by atoms with Crippen LogP contribution in [0.1, 0.15) is 39.2 Å². The van der Waals surface area contributed by atoms with Gasteiger partial charge in [-0.1, -0.05) is 12.1 Å². The van der Waals surface area contributed by atoms with E-state index in [-0.39, 0.29) is 12.2 Å². The fraction of sp³-hybridized carbons (Fsp3) is 0.444. The first-order chi connectivity index (χ1) is 11.2. The molecule has 0 radical (unpaired) electrons. The molecule has 1 saturated heterocycles. The zero-order valence-corrected chi connectivity index (χ0v) is 14.1. The van der Waals surface area contributed by atoms with Crippen LogP contribution in [0.4, 0.5) is 9.18 Å². The highest BCUT2D eigenvalue weighted by Gasteiger charge is 2.28. The second-order valence-corrected chi connectivity index (χ2v) is 6.81. The number of carbonyl (C=O) groups excluding carboxylic acids is 1. The van der Waals surface area contributed by atoms with Gasteiger partial charge in [-0.05, 0) is 56.0 Å². The first-order valence-corrected chi connectivity index (χ1v) is 7.82. The molecular formula is C18H22FNO4. The van der Waals surface area contributed by atoms with Crippen molar-refractivity contribution in [3.63, 3.8) is 0 Å². The molecule has 0 aliphatic carbocycles. The van der Waals surface area contributed by atoms with Crippen LogP contribution in [0.2, 0.25) is 0 Å². The van der Waals surface area contributed by atoms with E-state index in [2.05, 4.69) is 0 Å². The number of hydrogen-bond acceptors (Lipinski definition) is 3.